The lowest BCUT2D eigenvalue weighted by Crippen LogP contribution is -2.47. The molecule has 3 heterocycles. The SMILES string of the molecule is CC(=O)N1CCc2c(N3CCN(CCCCNC(=O)C4=Cc5ccccc5OC4)CC3)cccc21. The van der Waals surface area contributed by atoms with Crippen molar-refractivity contribution < 1.29 is 14.3 Å². The van der Waals surface area contributed by atoms with E-state index in [1.807, 2.05) is 35.2 Å². The maximum atomic E-state index is 12.5. The third kappa shape index (κ3) is 5.20. The van der Waals surface area contributed by atoms with E-state index in [1.54, 1.807) is 6.92 Å². The van der Waals surface area contributed by atoms with E-state index in [0.29, 0.717) is 18.7 Å². The van der Waals surface area contributed by atoms with Crippen molar-refractivity contribution in [3.63, 3.8) is 0 Å². The highest BCUT2D eigenvalue weighted by Gasteiger charge is 2.27. The maximum Gasteiger partial charge on any atom is 0.250 e. The van der Waals surface area contributed by atoms with Gasteiger partial charge in [0.1, 0.15) is 12.4 Å². The molecule has 5 rings (SSSR count). The molecule has 0 radical (unpaired) electrons. The van der Waals surface area contributed by atoms with Crippen molar-refractivity contribution in [1.29, 1.82) is 0 Å². The Balaban J connectivity index is 1.03. The van der Waals surface area contributed by atoms with E-state index < -0.39 is 0 Å². The average molecular weight is 475 g/mol. The van der Waals surface area contributed by atoms with Crippen LogP contribution in [0.25, 0.3) is 6.08 Å². The molecule has 1 fully saturated rings. The lowest BCUT2D eigenvalue weighted by molar-refractivity contribution is -0.118. The fourth-order valence-electron chi connectivity index (χ4n) is 5.27. The highest BCUT2D eigenvalue weighted by molar-refractivity contribution is 5.99. The van der Waals surface area contributed by atoms with Gasteiger partial charge in [-0.25, -0.2) is 0 Å². The Labute approximate surface area is 207 Å². The molecule has 7 nitrogen and oxygen atoms in total. The number of amides is 2. The van der Waals surface area contributed by atoms with Gasteiger partial charge in [0.25, 0.3) is 5.91 Å². The molecular weight excluding hydrogens is 440 g/mol. The molecule has 2 aromatic rings. The molecule has 3 aliphatic rings. The van der Waals surface area contributed by atoms with E-state index in [0.717, 1.165) is 75.5 Å². The van der Waals surface area contributed by atoms with Crippen molar-refractivity contribution in [2.24, 2.45) is 0 Å². The van der Waals surface area contributed by atoms with E-state index in [2.05, 4.69) is 33.3 Å². The van der Waals surface area contributed by atoms with Crippen LogP contribution in [0.2, 0.25) is 0 Å². The molecule has 1 saturated heterocycles. The summed E-state index contributed by atoms with van der Waals surface area (Å²) >= 11 is 0. The molecule has 0 bridgehead atoms. The van der Waals surface area contributed by atoms with E-state index in [1.165, 1.54) is 11.3 Å². The smallest absolute Gasteiger partial charge is 0.250 e. The number of ether oxygens (including phenoxy) is 1. The third-order valence-electron chi connectivity index (χ3n) is 7.21. The number of para-hydroxylation sites is 1. The first-order chi connectivity index (χ1) is 17.1. The summed E-state index contributed by atoms with van der Waals surface area (Å²) in [5.74, 6) is 0.918. The first-order valence-corrected chi connectivity index (χ1v) is 12.7. The number of piperazine rings is 1. The monoisotopic (exact) mass is 474 g/mol. The van der Waals surface area contributed by atoms with Crippen molar-refractivity contribution in [2.45, 2.75) is 26.2 Å². The summed E-state index contributed by atoms with van der Waals surface area (Å²) in [6.07, 6.45) is 4.89. The molecule has 0 spiro atoms. The van der Waals surface area contributed by atoms with E-state index in [-0.39, 0.29) is 11.8 Å². The number of benzene rings is 2. The number of unbranched alkanes of at least 4 members (excludes halogenated alkanes) is 1. The molecule has 0 saturated carbocycles. The van der Waals surface area contributed by atoms with Gasteiger partial charge in [-0.3, -0.25) is 14.5 Å². The molecule has 3 aliphatic heterocycles. The summed E-state index contributed by atoms with van der Waals surface area (Å²) in [7, 11) is 0. The van der Waals surface area contributed by atoms with Crippen LogP contribution in [0.4, 0.5) is 11.4 Å². The number of anilines is 2. The molecule has 0 aliphatic carbocycles. The van der Waals surface area contributed by atoms with Gasteiger partial charge in [0, 0.05) is 68.7 Å². The number of rotatable bonds is 7. The van der Waals surface area contributed by atoms with E-state index in [4.69, 9.17) is 4.74 Å². The zero-order chi connectivity index (χ0) is 24.2. The topological polar surface area (TPSA) is 65.1 Å². The minimum atomic E-state index is -0.0353. The van der Waals surface area contributed by atoms with Crippen LogP contribution < -0.4 is 19.9 Å². The molecule has 0 aromatic heterocycles. The summed E-state index contributed by atoms with van der Waals surface area (Å²) in [6, 6.07) is 14.1. The van der Waals surface area contributed by atoms with Gasteiger partial charge in [-0.05, 0) is 50.1 Å². The summed E-state index contributed by atoms with van der Waals surface area (Å²) in [5.41, 5.74) is 5.32. The lowest BCUT2D eigenvalue weighted by Gasteiger charge is -2.37. The number of hydrogen-bond donors (Lipinski definition) is 1. The Hall–Kier alpha value is -3.32. The maximum absolute atomic E-state index is 12.5. The van der Waals surface area contributed by atoms with Crippen LogP contribution in [-0.4, -0.2) is 69.1 Å². The summed E-state index contributed by atoms with van der Waals surface area (Å²) < 4.78 is 5.69. The second kappa shape index (κ2) is 10.5. The molecule has 0 atom stereocenters. The van der Waals surface area contributed by atoms with Gasteiger partial charge in [-0.1, -0.05) is 24.3 Å². The Morgan fingerprint density at radius 2 is 1.74 bits per heavy atom. The van der Waals surface area contributed by atoms with Crippen LogP contribution in [-0.2, 0) is 16.0 Å². The summed E-state index contributed by atoms with van der Waals surface area (Å²) in [5, 5.41) is 3.04. The number of nitrogens with one attached hydrogen (secondary N) is 1. The van der Waals surface area contributed by atoms with Gasteiger partial charge in [-0.15, -0.1) is 0 Å². The molecule has 7 heteroatoms. The largest absolute Gasteiger partial charge is 0.488 e. The van der Waals surface area contributed by atoms with Gasteiger partial charge in [0.15, 0.2) is 0 Å². The molecule has 2 aromatic carbocycles. The molecule has 2 amide bonds. The molecule has 184 valence electrons. The lowest BCUT2D eigenvalue weighted by atomic mass is 10.1. The number of hydrogen-bond acceptors (Lipinski definition) is 5. The van der Waals surface area contributed by atoms with Gasteiger partial charge in [0.2, 0.25) is 5.91 Å². The minimum Gasteiger partial charge on any atom is -0.488 e. The van der Waals surface area contributed by atoms with Crippen molar-refractivity contribution in [2.75, 3.05) is 62.2 Å². The number of fused-ring (bicyclic) bond motifs is 2. The zero-order valence-electron chi connectivity index (χ0n) is 20.5. The van der Waals surface area contributed by atoms with Crippen LogP contribution in [0.1, 0.15) is 30.9 Å². The molecular formula is C28H34N4O3. The number of carbonyl (C=O) groups excluding carboxylic acids is 2. The van der Waals surface area contributed by atoms with Crippen LogP contribution in [0.5, 0.6) is 5.75 Å². The summed E-state index contributed by atoms with van der Waals surface area (Å²) in [6.45, 7) is 8.57. The average Bonchev–Trinajstić information content (AvgIpc) is 3.33. The van der Waals surface area contributed by atoms with Crippen LogP contribution in [0.3, 0.4) is 0 Å². The number of carbonyl (C=O) groups is 2. The fourth-order valence-corrected chi connectivity index (χ4v) is 5.27. The van der Waals surface area contributed by atoms with Gasteiger partial charge >= 0.3 is 0 Å². The normalized spacial score (nSPS) is 17.3. The predicted octanol–water partition coefficient (Wildman–Crippen LogP) is 3.09. The minimum absolute atomic E-state index is 0.0353. The van der Waals surface area contributed by atoms with Crippen LogP contribution >= 0.6 is 0 Å². The van der Waals surface area contributed by atoms with Gasteiger partial charge < -0.3 is 19.9 Å². The van der Waals surface area contributed by atoms with Gasteiger partial charge in [0.05, 0.1) is 5.57 Å². The predicted molar refractivity (Wildman–Crippen MR) is 139 cm³/mol. The van der Waals surface area contributed by atoms with E-state index in [9.17, 15) is 9.59 Å². The fraction of sp³-hybridized carbons (Fsp3) is 0.429. The number of nitrogens with zero attached hydrogens (tertiary/aromatic N) is 3. The standard InChI is InChI=1S/C28H34N4O3/c1-21(33)32-14-11-24-25(8-6-9-26(24)32)31-17-15-30(16-18-31)13-5-4-12-29-28(34)23-19-22-7-2-3-10-27(22)35-20-23/h2-3,6-10,19H,4-5,11-18,20H2,1H3,(H,29,34). The zero-order valence-corrected chi connectivity index (χ0v) is 20.5. The van der Waals surface area contributed by atoms with Crippen molar-refractivity contribution in [1.82, 2.24) is 10.2 Å². The molecule has 0 unspecified atom stereocenters. The Morgan fingerprint density at radius 1 is 0.943 bits per heavy atom. The Kier molecular flexibility index (Phi) is 7.04. The van der Waals surface area contributed by atoms with E-state index >= 15 is 0 Å². The Morgan fingerprint density at radius 3 is 2.57 bits per heavy atom. The first-order valence-electron chi connectivity index (χ1n) is 12.7. The highest BCUT2D eigenvalue weighted by atomic mass is 16.5. The first kappa shape index (κ1) is 23.4. The van der Waals surface area contributed by atoms with Gasteiger partial charge in [-0.2, -0.15) is 0 Å². The quantitative estimate of drug-likeness (QED) is 0.625. The molecule has 35 heavy (non-hydrogen) atoms. The van der Waals surface area contributed by atoms with Crippen molar-refractivity contribution in [3.05, 3.63) is 59.2 Å². The highest BCUT2D eigenvalue weighted by Crippen LogP contribution is 2.36. The third-order valence-corrected chi connectivity index (χ3v) is 7.21. The summed E-state index contributed by atoms with van der Waals surface area (Å²) in [4.78, 5) is 31.3. The van der Waals surface area contributed by atoms with Crippen molar-refractivity contribution >= 4 is 29.3 Å². The second-order valence-corrected chi connectivity index (χ2v) is 9.48. The second-order valence-electron chi connectivity index (χ2n) is 9.48. The van der Waals surface area contributed by atoms with Crippen LogP contribution in [0, 0.1) is 0 Å². The van der Waals surface area contributed by atoms with Crippen molar-refractivity contribution in [3.8, 4) is 5.75 Å². The molecule has 1 N–H and O–H groups in total. The van der Waals surface area contributed by atoms with Crippen LogP contribution in [0.15, 0.2) is 48.0 Å². The Bertz CT molecular complexity index is 1120.